The van der Waals surface area contributed by atoms with Crippen molar-refractivity contribution in [2.75, 3.05) is 47.5 Å². The lowest BCUT2D eigenvalue weighted by Gasteiger charge is -2.28. The van der Waals surface area contributed by atoms with E-state index in [9.17, 15) is 19.0 Å². The Kier molecular flexibility index (Phi) is 56.0. The van der Waals surface area contributed by atoms with Crippen LogP contribution in [0.15, 0.2) is 158 Å². The normalized spacial score (nSPS) is 14.3. The second-order valence-corrected chi connectivity index (χ2v) is 22.7. The SMILES string of the molecule is CC/C=C\C/C=C\C/C=C\C/C=C\C/C=C\C/C=C\C/C=C\C/C=C\CCCCCCCCCCC(=O)OC(COC(=O)CCCCCCCCC/C=C\C/C=C\C/C=C\C/C=C\C/C=C\CC)COP(=O)([O-])OCC[N+](C)(C)C. The molecule has 0 aromatic rings. The molecule has 10 heteroatoms. The molecular formula is C70H114NO8P. The Morgan fingerprint density at radius 1 is 0.388 bits per heavy atom. The Morgan fingerprint density at radius 3 is 1.00 bits per heavy atom. The highest BCUT2D eigenvalue weighted by Crippen LogP contribution is 2.38. The number of ether oxygens (including phenoxy) is 2. The maximum atomic E-state index is 12.8. The number of hydrogen-bond donors (Lipinski definition) is 0. The summed E-state index contributed by atoms with van der Waals surface area (Å²) in [4.78, 5) is 38.0. The minimum atomic E-state index is -4.66. The first-order valence-corrected chi connectivity index (χ1v) is 32.7. The quantitative estimate of drug-likeness (QED) is 0.0195. The fourth-order valence-corrected chi connectivity index (χ4v) is 8.54. The number of esters is 2. The summed E-state index contributed by atoms with van der Waals surface area (Å²) in [5.41, 5.74) is 0. The molecule has 452 valence electrons. The summed E-state index contributed by atoms with van der Waals surface area (Å²) < 4.78 is 34.2. The maximum Gasteiger partial charge on any atom is 0.306 e. The van der Waals surface area contributed by atoms with Gasteiger partial charge in [0.2, 0.25) is 0 Å². The van der Waals surface area contributed by atoms with Crippen molar-refractivity contribution in [2.24, 2.45) is 0 Å². The van der Waals surface area contributed by atoms with Gasteiger partial charge in [0.25, 0.3) is 7.82 Å². The van der Waals surface area contributed by atoms with E-state index in [0.717, 1.165) is 135 Å². The molecule has 0 fully saturated rings. The molecular weight excluding hydrogens is 1010 g/mol. The maximum absolute atomic E-state index is 12.8. The van der Waals surface area contributed by atoms with Crippen LogP contribution in [0.1, 0.15) is 219 Å². The molecule has 0 aliphatic heterocycles. The van der Waals surface area contributed by atoms with Crippen molar-refractivity contribution < 1.29 is 42.1 Å². The van der Waals surface area contributed by atoms with Gasteiger partial charge in [-0.1, -0.05) is 242 Å². The second-order valence-electron chi connectivity index (χ2n) is 21.3. The first-order valence-electron chi connectivity index (χ1n) is 31.2. The molecule has 9 nitrogen and oxygen atoms in total. The van der Waals surface area contributed by atoms with Crippen LogP contribution in [0.4, 0.5) is 0 Å². The molecule has 0 spiro atoms. The van der Waals surface area contributed by atoms with Gasteiger partial charge < -0.3 is 27.9 Å². The van der Waals surface area contributed by atoms with Gasteiger partial charge in [-0.15, -0.1) is 0 Å². The van der Waals surface area contributed by atoms with Crippen LogP contribution in [-0.4, -0.2) is 70.0 Å². The minimum absolute atomic E-state index is 0.0437. The average molecular weight is 1130 g/mol. The third kappa shape index (κ3) is 62.8. The molecule has 0 saturated heterocycles. The zero-order valence-electron chi connectivity index (χ0n) is 51.2. The summed E-state index contributed by atoms with van der Waals surface area (Å²) in [5, 5.41) is 0. The van der Waals surface area contributed by atoms with Crippen molar-refractivity contribution in [3.05, 3.63) is 158 Å². The van der Waals surface area contributed by atoms with Gasteiger partial charge in [0.15, 0.2) is 6.10 Å². The van der Waals surface area contributed by atoms with Crippen LogP contribution in [0.5, 0.6) is 0 Å². The predicted octanol–water partition coefficient (Wildman–Crippen LogP) is 19.4. The fraction of sp³-hybridized carbons (Fsp3) is 0.600. The molecule has 0 aromatic carbocycles. The van der Waals surface area contributed by atoms with Gasteiger partial charge >= 0.3 is 11.9 Å². The third-order valence-electron chi connectivity index (χ3n) is 12.5. The largest absolute Gasteiger partial charge is 0.756 e. The van der Waals surface area contributed by atoms with Gasteiger partial charge in [0.05, 0.1) is 27.7 Å². The summed E-state index contributed by atoms with van der Waals surface area (Å²) in [6.45, 7) is 3.97. The molecule has 0 aliphatic rings. The van der Waals surface area contributed by atoms with E-state index in [1.165, 1.54) is 44.9 Å². The Morgan fingerprint density at radius 2 is 0.675 bits per heavy atom. The molecule has 2 unspecified atom stereocenters. The molecule has 80 heavy (non-hydrogen) atoms. The van der Waals surface area contributed by atoms with Crippen LogP contribution in [-0.2, 0) is 32.7 Å². The second kappa shape index (κ2) is 59.3. The van der Waals surface area contributed by atoms with Crippen LogP contribution >= 0.6 is 7.82 Å². The number of phosphoric ester groups is 1. The van der Waals surface area contributed by atoms with Crippen molar-refractivity contribution in [2.45, 2.75) is 225 Å². The molecule has 0 rings (SSSR count). The Hall–Kier alpha value is -4.37. The number of quaternary nitrogens is 1. The highest BCUT2D eigenvalue weighted by atomic mass is 31.2. The van der Waals surface area contributed by atoms with Crippen LogP contribution in [0, 0.1) is 0 Å². The van der Waals surface area contributed by atoms with Gasteiger partial charge in [0, 0.05) is 12.8 Å². The Balaban J connectivity index is 4.22. The number of carbonyl (C=O) groups excluding carboxylic acids is 2. The monoisotopic (exact) mass is 1130 g/mol. The van der Waals surface area contributed by atoms with E-state index in [0.29, 0.717) is 23.9 Å². The number of nitrogens with zero attached hydrogens (tertiary/aromatic N) is 1. The van der Waals surface area contributed by atoms with Crippen molar-refractivity contribution >= 4 is 19.8 Å². The van der Waals surface area contributed by atoms with Crippen molar-refractivity contribution in [1.82, 2.24) is 0 Å². The molecule has 0 radical (unpaired) electrons. The first kappa shape index (κ1) is 75.6. The Bertz CT molecular complexity index is 1900. The first-order chi connectivity index (χ1) is 39.0. The molecule has 0 aliphatic carbocycles. The molecule has 0 heterocycles. The lowest BCUT2D eigenvalue weighted by molar-refractivity contribution is -0.870. The summed E-state index contributed by atoms with van der Waals surface area (Å²) in [5.74, 6) is -0.867. The number of phosphoric acid groups is 1. The summed E-state index contributed by atoms with van der Waals surface area (Å²) in [6, 6.07) is 0. The molecule has 0 aromatic heterocycles. The number of allylic oxidation sites excluding steroid dienone is 26. The number of likely N-dealkylation sites (N-methyl/N-ethyl adjacent to an activating group) is 1. The van der Waals surface area contributed by atoms with Crippen LogP contribution in [0.25, 0.3) is 0 Å². The van der Waals surface area contributed by atoms with Gasteiger partial charge in [0.1, 0.15) is 19.8 Å². The van der Waals surface area contributed by atoms with E-state index in [1.54, 1.807) is 0 Å². The van der Waals surface area contributed by atoms with Gasteiger partial charge in [-0.2, -0.15) is 0 Å². The molecule has 0 amide bonds. The van der Waals surface area contributed by atoms with Crippen LogP contribution in [0.3, 0.4) is 0 Å². The zero-order chi connectivity index (χ0) is 58.4. The van der Waals surface area contributed by atoms with Gasteiger partial charge in [-0.05, 0) is 122 Å². The van der Waals surface area contributed by atoms with Crippen LogP contribution < -0.4 is 4.89 Å². The van der Waals surface area contributed by atoms with E-state index in [1.807, 2.05) is 21.1 Å². The smallest absolute Gasteiger partial charge is 0.306 e. The average Bonchev–Trinajstić information content (AvgIpc) is 3.42. The zero-order valence-corrected chi connectivity index (χ0v) is 52.1. The number of carbonyl (C=O) groups is 2. The summed E-state index contributed by atoms with van der Waals surface area (Å²) in [6.07, 6.45) is 88.6. The topological polar surface area (TPSA) is 111 Å². The number of hydrogen-bond acceptors (Lipinski definition) is 8. The van der Waals surface area contributed by atoms with E-state index in [2.05, 4.69) is 172 Å². The minimum Gasteiger partial charge on any atom is -0.756 e. The standard InChI is InChI=1S/C70H114NO8P/c1-6-8-10-12-14-16-18-20-22-24-26-28-30-31-32-33-34-35-36-37-38-39-41-43-45-47-49-51-53-55-57-59-61-63-70(73)79-68(67-78-80(74,75)77-65-64-71(3,4)5)66-76-69(72)62-60-58-56-54-52-50-48-46-44-42-40-29-27-25-23-21-19-17-15-13-11-9-7-2/h8-11,14-17,20-23,26-29,31-32,34-35,37-38,41-44,68H,6-7,12-13,18-19,24-25,30,33,36,39-40,45-67H2,1-5H3/b10-8-,11-9-,16-14-,17-15-,22-20-,23-21-,28-26-,29-27-,32-31-,35-34-,38-37-,43-41-,44-42-. The van der Waals surface area contributed by atoms with E-state index in [-0.39, 0.29) is 26.1 Å². The number of unbranched alkanes of at least 4 members (excludes halogenated alkanes) is 15. The Labute approximate surface area is 490 Å². The summed E-state index contributed by atoms with van der Waals surface area (Å²) >= 11 is 0. The lowest BCUT2D eigenvalue weighted by atomic mass is 10.1. The van der Waals surface area contributed by atoms with E-state index >= 15 is 0 Å². The van der Waals surface area contributed by atoms with Gasteiger partial charge in [-0.25, -0.2) is 0 Å². The highest BCUT2D eigenvalue weighted by molar-refractivity contribution is 7.45. The lowest BCUT2D eigenvalue weighted by Crippen LogP contribution is -2.37. The van der Waals surface area contributed by atoms with Crippen LogP contribution in [0.2, 0.25) is 0 Å². The summed E-state index contributed by atoms with van der Waals surface area (Å²) in [7, 11) is 1.13. The van der Waals surface area contributed by atoms with Crippen molar-refractivity contribution in [3.63, 3.8) is 0 Å². The van der Waals surface area contributed by atoms with E-state index in [4.69, 9.17) is 18.5 Å². The molecule has 2 atom stereocenters. The third-order valence-corrected chi connectivity index (χ3v) is 13.5. The highest BCUT2D eigenvalue weighted by Gasteiger charge is 2.22. The van der Waals surface area contributed by atoms with Crippen molar-refractivity contribution in [3.8, 4) is 0 Å². The molecule has 0 N–H and O–H groups in total. The number of rotatable bonds is 55. The fourth-order valence-electron chi connectivity index (χ4n) is 7.82. The van der Waals surface area contributed by atoms with Gasteiger partial charge in [-0.3, -0.25) is 14.2 Å². The molecule has 0 bridgehead atoms. The van der Waals surface area contributed by atoms with E-state index < -0.39 is 32.5 Å². The predicted molar refractivity (Wildman–Crippen MR) is 341 cm³/mol. The molecule has 0 saturated carbocycles. The van der Waals surface area contributed by atoms with Crippen molar-refractivity contribution in [1.29, 1.82) is 0 Å².